The molecule has 1 unspecified atom stereocenters. The van der Waals surface area contributed by atoms with Gasteiger partial charge in [0, 0.05) is 6.42 Å². The van der Waals surface area contributed by atoms with Crippen molar-refractivity contribution in [3.63, 3.8) is 0 Å². The second kappa shape index (κ2) is 3.84. The van der Waals surface area contributed by atoms with Gasteiger partial charge < -0.3 is 9.84 Å². The van der Waals surface area contributed by atoms with E-state index in [4.69, 9.17) is 5.11 Å². The number of methoxy groups -OCH3 is 1. The molecular formula is C11H11NO4. The predicted molar refractivity (Wildman–Crippen MR) is 56.5 cm³/mol. The molecule has 1 aliphatic heterocycles. The summed E-state index contributed by atoms with van der Waals surface area (Å²) >= 11 is 0. The molecule has 5 nitrogen and oxygen atoms in total. The molecule has 1 atom stereocenters. The van der Waals surface area contributed by atoms with Gasteiger partial charge in [-0.15, -0.1) is 0 Å². The van der Waals surface area contributed by atoms with Crippen molar-refractivity contribution in [3.8, 4) is 0 Å². The Kier molecular flexibility index (Phi) is 2.52. The number of fused-ring (bicyclic) bond motifs is 1. The van der Waals surface area contributed by atoms with Gasteiger partial charge in [-0.1, -0.05) is 18.2 Å². The Bertz CT molecular complexity index is 443. The highest BCUT2D eigenvalue weighted by atomic mass is 16.5. The fraction of sp³-hybridized carbons (Fsp3) is 0.273. The van der Waals surface area contributed by atoms with Crippen LogP contribution >= 0.6 is 0 Å². The third kappa shape index (κ3) is 1.50. The Morgan fingerprint density at radius 1 is 1.44 bits per heavy atom. The molecule has 2 rings (SSSR count). The lowest BCUT2D eigenvalue weighted by Crippen LogP contribution is -2.42. The Morgan fingerprint density at radius 3 is 2.75 bits per heavy atom. The Balaban J connectivity index is 2.43. The van der Waals surface area contributed by atoms with Crippen LogP contribution < -0.4 is 4.90 Å². The summed E-state index contributed by atoms with van der Waals surface area (Å²) < 4.78 is 4.60. The van der Waals surface area contributed by atoms with Crippen LogP contribution in [-0.2, 0) is 16.0 Å². The minimum atomic E-state index is -1.03. The smallest absolute Gasteiger partial charge is 0.414 e. The van der Waals surface area contributed by atoms with Gasteiger partial charge >= 0.3 is 12.1 Å². The third-order valence-electron chi connectivity index (χ3n) is 2.63. The minimum Gasteiger partial charge on any atom is -0.480 e. The molecule has 1 N–H and O–H groups in total. The molecule has 0 radical (unpaired) electrons. The van der Waals surface area contributed by atoms with Crippen LogP contribution in [0.2, 0.25) is 0 Å². The molecule has 1 aliphatic rings. The van der Waals surface area contributed by atoms with Crippen LogP contribution in [0.1, 0.15) is 5.56 Å². The second-order valence-electron chi connectivity index (χ2n) is 3.53. The average Bonchev–Trinajstić information content (AvgIpc) is 2.67. The van der Waals surface area contributed by atoms with E-state index in [0.717, 1.165) is 5.56 Å². The summed E-state index contributed by atoms with van der Waals surface area (Å²) in [7, 11) is 1.24. The molecule has 0 aromatic heterocycles. The van der Waals surface area contributed by atoms with Gasteiger partial charge in [0.15, 0.2) is 0 Å². The Morgan fingerprint density at radius 2 is 2.12 bits per heavy atom. The second-order valence-corrected chi connectivity index (χ2v) is 3.53. The summed E-state index contributed by atoms with van der Waals surface area (Å²) in [5, 5.41) is 9.05. The number of aliphatic carboxylic acids is 1. The van der Waals surface area contributed by atoms with Crippen LogP contribution in [0.3, 0.4) is 0 Å². The number of carbonyl (C=O) groups is 2. The monoisotopic (exact) mass is 221 g/mol. The summed E-state index contributed by atoms with van der Waals surface area (Å²) in [6.07, 6.45) is -0.321. The molecule has 0 fully saturated rings. The van der Waals surface area contributed by atoms with E-state index in [0.29, 0.717) is 12.1 Å². The fourth-order valence-electron chi connectivity index (χ4n) is 1.91. The van der Waals surface area contributed by atoms with Crippen LogP contribution in [0, 0.1) is 0 Å². The average molecular weight is 221 g/mol. The molecule has 5 heteroatoms. The number of hydrogen-bond acceptors (Lipinski definition) is 3. The van der Waals surface area contributed by atoms with Crippen LogP contribution in [0.15, 0.2) is 24.3 Å². The molecule has 1 aromatic rings. The SMILES string of the molecule is COC(=O)N1c2ccccc2CC1C(=O)O. The van der Waals surface area contributed by atoms with Crippen molar-refractivity contribution < 1.29 is 19.4 Å². The first-order valence-electron chi connectivity index (χ1n) is 4.83. The summed E-state index contributed by atoms with van der Waals surface area (Å²) in [6, 6.07) is 6.24. The summed E-state index contributed by atoms with van der Waals surface area (Å²) in [6.45, 7) is 0. The van der Waals surface area contributed by atoms with Crippen molar-refractivity contribution >= 4 is 17.7 Å². The van der Waals surface area contributed by atoms with E-state index in [-0.39, 0.29) is 0 Å². The summed E-state index contributed by atoms with van der Waals surface area (Å²) in [5.74, 6) is -1.03. The highest BCUT2D eigenvalue weighted by Crippen LogP contribution is 2.32. The molecule has 1 aromatic carbocycles. The Hall–Kier alpha value is -2.04. The van der Waals surface area contributed by atoms with E-state index in [1.54, 1.807) is 12.1 Å². The quantitative estimate of drug-likeness (QED) is 0.775. The number of amides is 1. The number of carboxylic acid groups (broad SMARTS) is 1. The van der Waals surface area contributed by atoms with Gasteiger partial charge in [-0.3, -0.25) is 4.90 Å². The van der Waals surface area contributed by atoms with E-state index >= 15 is 0 Å². The Labute approximate surface area is 92.2 Å². The van der Waals surface area contributed by atoms with Gasteiger partial charge in [0.05, 0.1) is 12.8 Å². The largest absolute Gasteiger partial charge is 0.480 e. The molecule has 0 aliphatic carbocycles. The lowest BCUT2D eigenvalue weighted by Gasteiger charge is -2.20. The lowest BCUT2D eigenvalue weighted by atomic mass is 10.1. The molecule has 16 heavy (non-hydrogen) atoms. The van der Waals surface area contributed by atoms with E-state index < -0.39 is 18.1 Å². The number of nitrogens with zero attached hydrogens (tertiary/aromatic N) is 1. The molecule has 0 saturated carbocycles. The van der Waals surface area contributed by atoms with Crippen molar-refractivity contribution in [1.29, 1.82) is 0 Å². The van der Waals surface area contributed by atoms with Gasteiger partial charge in [0.1, 0.15) is 6.04 Å². The number of rotatable bonds is 1. The van der Waals surface area contributed by atoms with Crippen molar-refractivity contribution in [3.05, 3.63) is 29.8 Å². The van der Waals surface area contributed by atoms with Crippen LogP contribution in [-0.4, -0.2) is 30.3 Å². The number of carbonyl (C=O) groups excluding carboxylic acids is 1. The predicted octanol–water partition coefficient (Wildman–Crippen LogP) is 1.27. The van der Waals surface area contributed by atoms with E-state index in [9.17, 15) is 9.59 Å². The number of benzene rings is 1. The van der Waals surface area contributed by atoms with Crippen LogP contribution in [0.25, 0.3) is 0 Å². The number of hydrogen-bond donors (Lipinski definition) is 1. The summed E-state index contributed by atoms with van der Waals surface area (Å²) in [5.41, 5.74) is 1.46. The third-order valence-corrected chi connectivity index (χ3v) is 2.63. The maximum Gasteiger partial charge on any atom is 0.414 e. The van der Waals surface area contributed by atoms with Crippen LogP contribution in [0.5, 0.6) is 0 Å². The van der Waals surface area contributed by atoms with E-state index in [1.165, 1.54) is 12.0 Å². The molecular weight excluding hydrogens is 210 g/mol. The fourth-order valence-corrected chi connectivity index (χ4v) is 1.91. The van der Waals surface area contributed by atoms with Gasteiger partial charge in [0.25, 0.3) is 0 Å². The van der Waals surface area contributed by atoms with Crippen molar-refractivity contribution in [2.75, 3.05) is 12.0 Å². The molecule has 1 amide bonds. The molecule has 1 heterocycles. The molecule has 0 bridgehead atoms. The van der Waals surface area contributed by atoms with Gasteiger partial charge in [-0.25, -0.2) is 9.59 Å². The first-order chi connectivity index (χ1) is 7.65. The van der Waals surface area contributed by atoms with Gasteiger partial charge in [-0.05, 0) is 11.6 Å². The molecule has 84 valence electrons. The van der Waals surface area contributed by atoms with E-state index in [1.807, 2.05) is 12.1 Å². The minimum absolute atomic E-state index is 0.320. The maximum absolute atomic E-state index is 11.5. The lowest BCUT2D eigenvalue weighted by molar-refractivity contribution is -0.138. The highest BCUT2D eigenvalue weighted by Gasteiger charge is 2.38. The summed E-state index contributed by atoms with van der Waals surface area (Å²) in [4.78, 5) is 23.8. The first kappa shape index (κ1) is 10.5. The number of ether oxygens (including phenoxy) is 1. The van der Waals surface area contributed by atoms with Gasteiger partial charge in [-0.2, -0.15) is 0 Å². The number of anilines is 1. The maximum atomic E-state index is 11.5. The number of para-hydroxylation sites is 1. The zero-order valence-corrected chi connectivity index (χ0v) is 8.71. The zero-order valence-electron chi connectivity index (χ0n) is 8.71. The first-order valence-corrected chi connectivity index (χ1v) is 4.83. The van der Waals surface area contributed by atoms with E-state index in [2.05, 4.69) is 4.74 Å². The van der Waals surface area contributed by atoms with Crippen LogP contribution in [0.4, 0.5) is 10.5 Å². The normalized spacial score (nSPS) is 18.1. The zero-order chi connectivity index (χ0) is 11.7. The number of carboxylic acids is 1. The van der Waals surface area contributed by atoms with Crippen molar-refractivity contribution in [2.24, 2.45) is 0 Å². The van der Waals surface area contributed by atoms with Gasteiger partial charge in [0.2, 0.25) is 0 Å². The molecule has 0 spiro atoms. The highest BCUT2D eigenvalue weighted by molar-refractivity contribution is 5.98. The standard InChI is InChI=1S/C11H11NO4/c1-16-11(15)12-8-5-3-2-4-7(8)6-9(12)10(13)14/h2-5,9H,6H2,1H3,(H,13,14). The van der Waals surface area contributed by atoms with Crippen molar-refractivity contribution in [1.82, 2.24) is 0 Å². The molecule has 0 saturated heterocycles. The topological polar surface area (TPSA) is 66.8 Å². The van der Waals surface area contributed by atoms with Crippen molar-refractivity contribution in [2.45, 2.75) is 12.5 Å².